The van der Waals surface area contributed by atoms with Crippen LogP contribution in [0.5, 0.6) is 0 Å². The quantitative estimate of drug-likeness (QED) is 0.334. The van der Waals surface area contributed by atoms with Crippen LogP contribution >= 0.6 is 0 Å². The van der Waals surface area contributed by atoms with Gasteiger partial charge >= 0.3 is 22.3 Å². The number of carboxylic acid groups (broad SMARTS) is 2. The Kier molecular flexibility index (Phi) is 9.55. The Morgan fingerprint density at radius 1 is 0.651 bits per heavy atom. The average Bonchev–Trinajstić information content (AvgIpc) is 3.59. The molecule has 0 N–H and O–H groups in total. The van der Waals surface area contributed by atoms with E-state index in [0.717, 1.165) is 80.2 Å². The molecule has 0 amide bonds. The number of carbonyl (C=O) groups is 2. The summed E-state index contributed by atoms with van der Waals surface area (Å²) in [6, 6.07) is 7.83. The summed E-state index contributed by atoms with van der Waals surface area (Å²) in [5, 5.41) is 22.8. The maximum Gasteiger partial charge on any atom is 2.00 e. The number of aromatic nitrogens is 4. The van der Waals surface area contributed by atoms with Crippen LogP contribution in [0.4, 0.5) is 0 Å². The number of carboxylic acids is 2. The molecule has 8 nitrogen and oxygen atoms in total. The second-order valence-electron chi connectivity index (χ2n) is 11.0. The van der Waals surface area contributed by atoms with Crippen molar-refractivity contribution in [2.75, 3.05) is 0 Å². The smallest absolute Gasteiger partial charge is 0.657 e. The molecule has 5 heterocycles. The number of fused-ring (bicyclic) bond motifs is 8. The van der Waals surface area contributed by atoms with Gasteiger partial charge in [-0.15, -0.1) is 22.1 Å². The fourth-order valence-electron chi connectivity index (χ4n) is 6.05. The van der Waals surface area contributed by atoms with Crippen molar-refractivity contribution in [2.24, 2.45) is 0 Å². The predicted octanol–water partition coefficient (Wildman–Crippen LogP) is 4.46. The van der Waals surface area contributed by atoms with Crippen LogP contribution in [0.1, 0.15) is 101 Å². The molecule has 2 aliphatic rings. The Hall–Kier alpha value is -3.84. The summed E-state index contributed by atoms with van der Waals surface area (Å²) in [6.07, 6.45) is 1.80. The van der Waals surface area contributed by atoms with E-state index in [4.69, 9.17) is 19.9 Å². The summed E-state index contributed by atoms with van der Waals surface area (Å²) in [7, 11) is 0. The van der Waals surface area contributed by atoms with E-state index in [0.29, 0.717) is 22.1 Å². The zero-order valence-electron chi connectivity index (χ0n) is 27.7. The Morgan fingerprint density at radius 3 is 1.40 bits per heavy atom. The predicted molar refractivity (Wildman–Crippen MR) is 163 cm³/mol. The molecule has 0 atom stereocenters. The van der Waals surface area contributed by atoms with Gasteiger partial charge in [0.2, 0.25) is 0 Å². The molecule has 2 aliphatic heterocycles. The second-order valence-corrected chi connectivity index (χ2v) is 11.0. The number of carbonyl (C=O) groups excluding carboxylic acids is 2. The third kappa shape index (κ3) is 6.14. The molecule has 0 saturated carbocycles. The number of aliphatic carboxylic acids is 2. The molecule has 0 spiro atoms. The molecule has 8 bridgehead atoms. The fourth-order valence-corrected chi connectivity index (χ4v) is 6.05. The normalized spacial score (nSPS) is 13.0. The van der Waals surface area contributed by atoms with E-state index in [1.165, 1.54) is 0 Å². The Labute approximate surface area is 267 Å². The van der Waals surface area contributed by atoms with Crippen molar-refractivity contribution in [3.05, 3.63) is 69.3 Å². The van der Waals surface area contributed by atoms with Gasteiger partial charge in [-0.3, -0.25) is 0 Å². The van der Waals surface area contributed by atoms with Crippen LogP contribution in [0.3, 0.4) is 0 Å². The zero-order valence-corrected chi connectivity index (χ0v) is 28.6. The van der Waals surface area contributed by atoms with Gasteiger partial charge in [-0.25, -0.2) is 9.97 Å². The molecule has 218 valence electrons. The monoisotopic (exact) mass is 628 g/mol. The van der Waals surface area contributed by atoms with Gasteiger partial charge < -0.3 is 29.8 Å². The Balaban J connectivity index is 0.00000235. The van der Waals surface area contributed by atoms with Crippen molar-refractivity contribution in [3.8, 4) is 0 Å². The molecule has 43 heavy (non-hydrogen) atoms. The first-order chi connectivity index (χ1) is 20.0. The number of rotatable bonds is 8. The van der Waals surface area contributed by atoms with Crippen molar-refractivity contribution >= 4 is 56.3 Å². The van der Waals surface area contributed by atoms with E-state index in [1.807, 2.05) is 38.1 Å². The zero-order chi connectivity index (χ0) is 30.3. The van der Waals surface area contributed by atoms with E-state index in [2.05, 4.69) is 27.7 Å². The van der Waals surface area contributed by atoms with Crippen LogP contribution < -0.4 is 20.2 Å². The molecular weight excluding hydrogens is 594 g/mol. The number of aryl methyl sites for hydroxylation is 4. The van der Waals surface area contributed by atoms with Crippen LogP contribution in [0.2, 0.25) is 0 Å². The Bertz CT molecular complexity index is 1740. The minimum absolute atomic E-state index is 0. The van der Waals surface area contributed by atoms with Crippen LogP contribution in [-0.2, 0) is 41.9 Å². The third-order valence-electron chi connectivity index (χ3n) is 8.51. The number of hydrogen-bond donors (Lipinski definition) is 0. The summed E-state index contributed by atoms with van der Waals surface area (Å²) >= 11 is 0. The minimum atomic E-state index is -1.13. The first kappa shape index (κ1) is 32.1. The average molecular weight is 630 g/mol. The van der Waals surface area contributed by atoms with E-state index in [-0.39, 0.29) is 48.0 Å². The van der Waals surface area contributed by atoms with Crippen molar-refractivity contribution in [3.63, 3.8) is 0 Å². The first-order valence-electron chi connectivity index (χ1n) is 14.5. The van der Waals surface area contributed by atoms with Crippen LogP contribution in [-0.4, -0.2) is 21.9 Å². The molecule has 0 aliphatic carbocycles. The van der Waals surface area contributed by atoms with Gasteiger partial charge in [0.25, 0.3) is 0 Å². The van der Waals surface area contributed by atoms with Gasteiger partial charge in [0.15, 0.2) is 0 Å². The van der Waals surface area contributed by atoms with Crippen molar-refractivity contribution in [2.45, 2.75) is 80.1 Å². The molecule has 0 aromatic carbocycles. The van der Waals surface area contributed by atoms with Gasteiger partial charge in [-0.2, -0.15) is 0 Å². The largest absolute Gasteiger partial charge is 2.00 e. The fraction of sp³-hybridized carbons (Fsp3) is 0.353. The maximum atomic E-state index is 11.4. The van der Waals surface area contributed by atoms with Gasteiger partial charge in [-0.1, -0.05) is 54.3 Å². The van der Waals surface area contributed by atoms with E-state index in [9.17, 15) is 19.8 Å². The van der Waals surface area contributed by atoms with Crippen molar-refractivity contribution in [1.29, 1.82) is 0 Å². The molecule has 0 fully saturated rings. The molecular formula is C34H36N4O4Zn. The molecule has 3 aromatic heterocycles. The number of allylic oxidation sites excluding steroid dienone is 4. The summed E-state index contributed by atoms with van der Waals surface area (Å²) < 4.78 is 0. The standard InChI is InChI=1S/C34H38N4O4.Zn/c1-7-21-17(3)25-13-26-18(4)22(8-2)30(36-26)15-28-20(6)24(10-12-34(41)42)32(38-28)16-31-23(9-11-33(39)40)19(5)27(37-31)14-29(21)35-25;/h13-16H,7-12H2,1-6H3,(H4,35,36,37,38,39,40,41,42);/q;+2/p-2. The van der Waals surface area contributed by atoms with E-state index in [1.54, 1.807) is 0 Å². The summed E-state index contributed by atoms with van der Waals surface area (Å²) in [6.45, 7) is 12.2. The summed E-state index contributed by atoms with van der Waals surface area (Å²) in [5.41, 5.74) is 13.8. The topological polar surface area (TPSA) is 134 Å². The first-order valence-corrected chi connectivity index (χ1v) is 14.5. The molecule has 0 unspecified atom stereocenters. The van der Waals surface area contributed by atoms with E-state index < -0.39 is 11.9 Å². The maximum absolute atomic E-state index is 11.4. The van der Waals surface area contributed by atoms with Crippen molar-refractivity contribution < 1.29 is 42.1 Å². The molecule has 0 radical (unpaired) electrons. The van der Waals surface area contributed by atoms with Gasteiger partial charge in [-0.05, 0) is 94.6 Å². The Morgan fingerprint density at radius 2 is 1.05 bits per heavy atom. The minimum Gasteiger partial charge on any atom is -0.657 e. The molecule has 5 rings (SSSR count). The third-order valence-corrected chi connectivity index (χ3v) is 8.51. The molecule has 0 saturated heterocycles. The number of hydrogen-bond acceptors (Lipinski definition) is 6. The van der Waals surface area contributed by atoms with Gasteiger partial charge in [0.05, 0.1) is 22.8 Å². The summed E-state index contributed by atoms with van der Waals surface area (Å²) in [5.74, 6) is -2.27. The number of nitrogens with zero attached hydrogens (tertiary/aromatic N) is 4. The summed E-state index contributed by atoms with van der Waals surface area (Å²) in [4.78, 5) is 42.7. The van der Waals surface area contributed by atoms with Gasteiger partial charge in [0, 0.05) is 11.9 Å². The molecule has 9 heteroatoms. The molecule has 3 aromatic rings. The van der Waals surface area contributed by atoms with Crippen LogP contribution in [0.15, 0.2) is 24.3 Å². The second kappa shape index (κ2) is 12.8. The van der Waals surface area contributed by atoms with Crippen molar-refractivity contribution in [1.82, 2.24) is 19.9 Å². The van der Waals surface area contributed by atoms with Crippen LogP contribution in [0, 0.1) is 13.8 Å². The van der Waals surface area contributed by atoms with Crippen LogP contribution in [0.25, 0.3) is 44.4 Å². The van der Waals surface area contributed by atoms with E-state index >= 15 is 0 Å². The van der Waals surface area contributed by atoms with Gasteiger partial charge in [0.1, 0.15) is 0 Å². The SMILES string of the molecule is CCC1=C(C)c2cc3nc(cc4[n-]c(cc5[n-]c(cc1n2)c(C)c5CCC(=O)[O-])c(CCC(=O)[O-])c4C)C(CC)=C3C.[H+].[H+].[Zn+2].